The van der Waals surface area contributed by atoms with Gasteiger partial charge < -0.3 is 5.32 Å². The molecule has 0 heterocycles. The number of hydrogen-bond acceptors (Lipinski definition) is 1. The third-order valence-electron chi connectivity index (χ3n) is 3.19. The molecule has 0 saturated heterocycles. The minimum absolute atomic E-state index is 0.0456. The molecule has 2 heteroatoms. The molecular weight excluding hydrogens is 210 g/mol. The third kappa shape index (κ3) is 2.96. The first-order valence-corrected chi connectivity index (χ1v) is 6.32. The molecule has 90 valence electrons. The van der Waals surface area contributed by atoms with Crippen LogP contribution in [-0.4, -0.2) is 12.5 Å². The van der Waals surface area contributed by atoms with Crippen LogP contribution < -0.4 is 5.32 Å². The molecule has 17 heavy (non-hydrogen) atoms. The van der Waals surface area contributed by atoms with Gasteiger partial charge in [0.2, 0.25) is 0 Å². The van der Waals surface area contributed by atoms with Gasteiger partial charge in [0.15, 0.2) is 0 Å². The van der Waals surface area contributed by atoms with E-state index in [-0.39, 0.29) is 5.91 Å². The van der Waals surface area contributed by atoms with E-state index in [4.69, 9.17) is 0 Å². The SMILES string of the molecule is C/C=C/CCNC(=O)c1ccc2c(c1)CCC2. The zero-order chi connectivity index (χ0) is 12.1. The molecule has 1 aliphatic carbocycles. The summed E-state index contributed by atoms with van der Waals surface area (Å²) in [4.78, 5) is 11.9. The van der Waals surface area contributed by atoms with Crippen molar-refractivity contribution in [2.45, 2.75) is 32.6 Å². The Kier molecular flexibility index (Phi) is 3.97. The van der Waals surface area contributed by atoms with Gasteiger partial charge in [0.05, 0.1) is 0 Å². The van der Waals surface area contributed by atoms with E-state index in [0.29, 0.717) is 6.54 Å². The van der Waals surface area contributed by atoms with E-state index in [0.717, 1.165) is 18.4 Å². The Bertz CT molecular complexity index is 435. The summed E-state index contributed by atoms with van der Waals surface area (Å²) in [6.07, 6.45) is 8.47. The summed E-state index contributed by atoms with van der Waals surface area (Å²) in [6.45, 7) is 2.70. The van der Waals surface area contributed by atoms with Crippen LogP contribution in [0.4, 0.5) is 0 Å². The Morgan fingerprint density at radius 1 is 1.35 bits per heavy atom. The van der Waals surface area contributed by atoms with Gasteiger partial charge in [-0.2, -0.15) is 0 Å². The molecule has 0 atom stereocenters. The van der Waals surface area contributed by atoms with Gasteiger partial charge in [0, 0.05) is 12.1 Å². The standard InChI is InChI=1S/C15H19NO/c1-2-3-4-10-16-15(17)14-9-8-12-6-5-7-13(12)11-14/h2-3,8-9,11H,4-7,10H2,1H3,(H,16,17)/b3-2+. The Balaban J connectivity index is 1.95. The first-order valence-electron chi connectivity index (χ1n) is 6.32. The molecule has 0 unspecified atom stereocenters. The van der Waals surface area contributed by atoms with Gasteiger partial charge in [-0.3, -0.25) is 4.79 Å². The van der Waals surface area contributed by atoms with Crippen LogP contribution in [0.3, 0.4) is 0 Å². The molecule has 0 radical (unpaired) electrons. The number of allylic oxidation sites excluding steroid dienone is 1. The highest BCUT2D eigenvalue weighted by Gasteiger charge is 2.13. The molecule has 1 amide bonds. The first kappa shape index (κ1) is 11.9. The van der Waals surface area contributed by atoms with E-state index >= 15 is 0 Å². The molecule has 0 saturated carbocycles. The second kappa shape index (κ2) is 5.67. The molecule has 0 fully saturated rings. The predicted molar refractivity (Wildman–Crippen MR) is 70.2 cm³/mol. The van der Waals surface area contributed by atoms with Crippen molar-refractivity contribution in [3.63, 3.8) is 0 Å². The van der Waals surface area contributed by atoms with Crippen LogP contribution >= 0.6 is 0 Å². The Hall–Kier alpha value is -1.57. The largest absolute Gasteiger partial charge is 0.352 e. The lowest BCUT2D eigenvalue weighted by molar-refractivity contribution is 0.0954. The maximum atomic E-state index is 11.9. The van der Waals surface area contributed by atoms with Gasteiger partial charge in [-0.05, 0) is 55.9 Å². The highest BCUT2D eigenvalue weighted by atomic mass is 16.1. The maximum Gasteiger partial charge on any atom is 0.251 e. The average molecular weight is 229 g/mol. The van der Waals surface area contributed by atoms with Crippen molar-refractivity contribution in [2.24, 2.45) is 0 Å². The van der Waals surface area contributed by atoms with Crippen LogP contribution in [0.25, 0.3) is 0 Å². The number of aryl methyl sites for hydroxylation is 2. The summed E-state index contributed by atoms with van der Waals surface area (Å²) in [6, 6.07) is 6.09. The summed E-state index contributed by atoms with van der Waals surface area (Å²) in [5.74, 6) is 0.0456. The molecule has 1 aromatic rings. The smallest absolute Gasteiger partial charge is 0.251 e. The molecule has 1 aromatic carbocycles. The summed E-state index contributed by atoms with van der Waals surface area (Å²) < 4.78 is 0. The number of hydrogen-bond donors (Lipinski definition) is 1. The summed E-state index contributed by atoms with van der Waals surface area (Å²) >= 11 is 0. The number of rotatable bonds is 4. The first-order chi connectivity index (χ1) is 8.31. The molecule has 0 aliphatic heterocycles. The van der Waals surface area contributed by atoms with Gasteiger partial charge in [-0.25, -0.2) is 0 Å². The second-order valence-corrected chi connectivity index (χ2v) is 4.45. The fraction of sp³-hybridized carbons (Fsp3) is 0.400. The van der Waals surface area contributed by atoms with Crippen molar-refractivity contribution in [2.75, 3.05) is 6.54 Å². The van der Waals surface area contributed by atoms with E-state index < -0.39 is 0 Å². The molecule has 1 N–H and O–H groups in total. The lowest BCUT2D eigenvalue weighted by Crippen LogP contribution is -2.24. The topological polar surface area (TPSA) is 29.1 Å². The Labute approximate surface area is 103 Å². The fourth-order valence-corrected chi connectivity index (χ4v) is 2.25. The molecule has 0 bridgehead atoms. The van der Waals surface area contributed by atoms with Crippen molar-refractivity contribution in [1.29, 1.82) is 0 Å². The average Bonchev–Trinajstić information content (AvgIpc) is 2.81. The van der Waals surface area contributed by atoms with Crippen molar-refractivity contribution < 1.29 is 4.79 Å². The van der Waals surface area contributed by atoms with Crippen molar-refractivity contribution in [3.05, 3.63) is 47.0 Å². The summed E-state index contributed by atoms with van der Waals surface area (Å²) in [7, 11) is 0. The minimum atomic E-state index is 0.0456. The zero-order valence-corrected chi connectivity index (χ0v) is 10.3. The zero-order valence-electron chi connectivity index (χ0n) is 10.3. The molecule has 0 aromatic heterocycles. The van der Waals surface area contributed by atoms with E-state index in [2.05, 4.69) is 17.5 Å². The Morgan fingerprint density at radius 2 is 2.18 bits per heavy atom. The van der Waals surface area contributed by atoms with Gasteiger partial charge in [0.1, 0.15) is 0 Å². The van der Waals surface area contributed by atoms with Gasteiger partial charge in [-0.15, -0.1) is 0 Å². The van der Waals surface area contributed by atoms with Crippen LogP contribution in [0.1, 0.15) is 41.3 Å². The van der Waals surface area contributed by atoms with Crippen molar-refractivity contribution in [3.8, 4) is 0 Å². The van der Waals surface area contributed by atoms with Gasteiger partial charge >= 0.3 is 0 Å². The number of amides is 1. The number of nitrogens with one attached hydrogen (secondary N) is 1. The summed E-state index contributed by atoms with van der Waals surface area (Å²) in [5, 5.41) is 2.93. The number of fused-ring (bicyclic) bond motifs is 1. The van der Waals surface area contributed by atoms with Crippen LogP contribution in [0.15, 0.2) is 30.4 Å². The van der Waals surface area contributed by atoms with Crippen LogP contribution in [0, 0.1) is 0 Å². The second-order valence-electron chi connectivity index (χ2n) is 4.45. The predicted octanol–water partition coefficient (Wildman–Crippen LogP) is 2.87. The Morgan fingerprint density at radius 3 is 3.00 bits per heavy atom. The van der Waals surface area contributed by atoms with E-state index in [1.165, 1.54) is 24.0 Å². The van der Waals surface area contributed by atoms with Gasteiger partial charge in [-0.1, -0.05) is 18.2 Å². The van der Waals surface area contributed by atoms with E-state index in [1.54, 1.807) is 0 Å². The number of carbonyl (C=O) groups excluding carboxylic acids is 1. The van der Waals surface area contributed by atoms with Gasteiger partial charge in [0.25, 0.3) is 5.91 Å². The van der Waals surface area contributed by atoms with Crippen molar-refractivity contribution in [1.82, 2.24) is 5.32 Å². The minimum Gasteiger partial charge on any atom is -0.352 e. The van der Waals surface area contributed by atoms with E-state index in [9.17, 15) is 4.79 Å². The summed E-state index contributed by atoms with van der Waals surface area (Å²) in [5.41, 5.74) is 3.56. The molecule has 2 rings (SSSR count). The maximum absolute atomic E-state index is 11.9. The third-order valence-corrected chi connectivity index (χ3v) is 3.19. The molecular formula is C15H19NO. The quantitative estimate of drug-likeness (QED) is 0.624. The molecule has 1 aliphatic rings. The monoisotopic (exact) mass is 229 g/mol. The number of carbonyl (C=O) groups is 1. The van der Waals surface area contributed by atoms with Crippen LogP contribution in [0.2, 0.25) is 0 Å². The normalized spacial score (nSPS) is 13.9. The molecule has 0 spiro atoms. The lowest BCUT2D eigenvalue weighted by Gasteiger charge is -2.05. The fourth-order valence-electron chi connectivity index (χ4n) is 2.25. The molecule has 2 nitrogen and oxygen atoms in total. The highest BCUT2D eigenvalue weighted by molar-refractivity contribution is 5.94. The van der Waals surface area contributed by atoms with E-state index in [1.807, 2.05) is 25.1 Å². The van der Waals surface area contributed by atoms with Crippen molar-refractivity contribution >= 4 is 5.91 Å². The highest BCUT2D eigenvalue weighted by Crippen LogP contribution is 2.22. The van der Waals surface area contributed by atoms with Crippen LogP contribution in [0.5, 0.6) is 0 Å². The van der Waals surface area contributed by atoms with Crippen LogP contribution in [-0.2, 0) is 12.8 Å². The lowest BCUT2D eigenvalue weighted by atomic mass is 10.1. The number of benzene rings is 1.